The van der Waals surface area contributed by atoms with Crippen molar-refractivity contribution in [2.24, 2.45) is 4.99 Å². The molecule has 0 saturated carbocycles. The van der Waals surface area contributed by atoms with Gasteiger partial charge in [-0.15, -0.1) is 11.3 Å². The third kappa shape index (κ3) is 1.75. The van der Waals surface area contributed by atoms with Crippen molar-refractivity contribution in [3.05, 3.63) is 41.8 Å². The van der Waals surface area contributed by atoms with Crippen LogP contribution in [0.2, 0.25) is 0 Å². The second-order valence-electron chi connectivity index (χ2n) is 2.92. The van der Waals surface area contributed by atoms with E-state index < -0.39 is 0 Å². The number of allylic oxidation sites excluding steroid dienone is 2. The zero-order valence-electron chi connectivity index (χ0n) is 7.97. The van der Waals surface area contributed by atoms with Crippen LogP contribution < -0.4 is 0 Å². The molecule has 0 saturated heterocycles. The molecule has 0 spiro atoms. The standard InChI is InChI=1S/C12H11NS/c1-2-3-8-13-11-9-14-12-7-5-4-6-10(11)12/h2-9H,1H3/b3-2+,13-8?. The lowest BCUT2D eigenvalue weighted by molar-refractivity contribution is 1.63. The van der Waals surface area contributed by atoms with Crippen molar-refractivity contribution in [1.82, 2.24) is 0 Å². The van der Waals surface area contributed by atoms with Gasteiger partial charge in [0.05, 0.1) is 5.69 Å². The summed E-state index contributed by atoms with van der Waals surface area (Å²) < 4.78 is 1.29. The van der Waals surface area contributed by atoms with Gasteiger partial charge in [-0.05, 0) is 19.1 Å². The highest BCUT2D eigenvalue weighted by molar-refractivity contribution is 7.17. The number of fused-ring (bicyclic) bond motifs is 1. The van der Waals surface area contributed by atoms with Crippen molar-refractivity contribution in [3.63, 3.8) is 0 Å². The van der Waals surface area contributed by atoms with Gasteiger partial charge in [0.1, 0.15) is 0 Å². The van der Waals surface area contributed by atoms with Crippen LogP contribution in [-0.4, -0.2) is 6.21 Å². The van der Waals surface area contributed by atoms with E-state index in [9.17, 15) is 0 Å². The molecule has 70 valence electrons. The Balaban J connectivity index is 2.43. The molecular weight excluding hydrogens is 190 g/mol. The molecular formula is C12H11NS. The molecule has 0 aliphatic heterocycles. The maximum Gasteiger partial charge on any atom is 0.0815 e. The molecule has 2 aromatic rings. The minimum atomic E-state index is 1.06. The lowest BCUT2D eigenvalue weighted by atomic mass is 10.2. The first kappa shape index (κ1) is 9.16. The molecule has 0 bridgehead atoms. The summed E-state index contributed by atoms with van der Waals surface area (Å²) in [7, 11) is 0. The van der Waals surface area contributed by atoms with Crippen molar-refractivity contribution < 1.29 is 0 Å². The summed E-state index contributed by atoms with van der Waals surface area (Å²) in [5.74, 6) is 0. The van der Waals surface area contributed by atoms with Crippen LogP contribution in [0.15, 0.2) is 46.8 Å². The quantitative estimate of drug-likeness (QED) is 0.646. The Labute approximate surface area is 87.4 Å². The van der Waals surface area contributed by atoms with E-state index >= 15 is 0 Å². The molecule has 1 nitrogen and oxygen atoms in total. The monoisotopic (exact) mass is 201 g/mol. The van der Waals surface area contributed by atoms with Crippen LogP contribution in [0.4, 0.5) is 5.69 Å². The number of hydrogen-bond acceptors (Lipinski definition) is 2. The van der Waals surface area contributed by atoms with E-state index in [0.717, 1.165) is 5.69 Å². The third-order valence-corrected chi connectivity index (χ3v) is 2.90. The molecule has 0 amide bonds. The number of benzene rings is 1. The first-order chi connectivity index (χ1) is 6.92. The number of rotatable bonds is 2. The molecule has 0 radical (unpaired) electrons. The smallest absolute Gasteiger partial charge is 0.0815 e. The van der Waals surface area contributed by atoms with Crippen LogP contribution in [-0.2, 0) is 0 Å². The summed E-state index contributed by atoms with van der Waals surface area (Å²) in [4.78, 5) is 4.38. The summed E-state index contributed by atoms with van der Waals surface area (Å²) in [6.07, 6.45) is 5.74. The molecule has 0 aliphatic carbocycles. The van der Waals surface area contributed by atoms with Gasteiger partial charge in [0.15, 0.2) is 0 Å². The number of hydrogen-bond donors (Lipinski definition) is 0. The Morgan fingerprint density at radius 3 is 3.00 bits per heavy atom. The summed E-state index contributed by atoms with van der Waals surface area (Å²) >= 11 is 1.73. The molecule has 0 fully saturated rings. The van der Waals surface area contributed by atoms with Crippen molar-refractivity contribution in [1.29, 1.82) is 0 Å². The average molecular weight is 201 g/mol. The van der Waals surface area contributed by atoms with E-state index in [2.05, 4.69) is 28.6 Å². The highest BCUT2D eigenvalue weighted by Crippen LogP contribution is 2.31. The second-order valence-corrected chi connectivity index (χ2v) is 3.83. The number of thiophene rings is 1. The fourth-order valence-corrected chi connectivity index (χ4v) is 2.16. The van der Waals surface area contributed by atoms with Gasteiger partial charge >= 0.3 is 0 Å². The van der Waals surface area contributed by atoms with Crippen LogP contribution in [0.5, 0.6) is 0 Å². The summed E-state index contributed by atoms with van der Waals surface area (Å²) in [5.41, 5.74) is 1.06. The van der Waals surface area contributed by atoms with Crippen molar-refractivity contribution in [2.45, 2.75) is 6.92 Å². The molecule has 2 rings (SSSR count). The molecule has 0 aliphatic rings. The van der Waals surface area contributed by atoms with Crippen LogP contribution >= 0.6 is 11.3 Å². The highest BCUT2D eigenvalue weighted by Gasteiger charge is 1.99. The first-order valence-electron chi connectivity index (χ1n) is 4.53. The van der Waals surface area contributed by atoms with Gasteiger partial charge in [0, 0.05) is 21.7 Å². The lowest BCUT2D eigenvalue weighted by Crippen LogP contribution is -1.64. The predicted molar refractivity (Wildman–Crippen MR) is 64.8 cm³/mol. The maximum atomic E-state index is 4.38. The van der Waals surface area contributed by atoms with Crippen LogP contribution in [0, 0.1) is 0 Å². The topological polar surface area (TPSA) is 12.4 Å². The maximum absolute atomic E-state index is 4.38. The summed E-state index contributed by atoms with van der Waals surface area (Å²) in [6.45, 7) is 1.98. The van der Waals surface area contributed by atoms with Gasteiger partial charge in [-0.25, -0.2) is 0 Å². The van der Waals surface area contributed by atoms with Gasteiger partial charge in [0.25, 0.3) is 0 Å². The largest absolute Gasteiger partial charge is 0.255 e. The Kier molecular flexibility index (Phi) is 2.75. The van der Waals surface area contributed by atoms with Gasteiger partial charge in [-0.1, -0.05) is 24.3 Å². The molecule has 1 aromatic heterocycles. The number of aliphatic imine (C=N–C) groups is 1. The molecule has 0 N–H and O–H groups in total. The predicted octanol–water partition coefficient (Wildman–Crippen LogP) is 4.18. The van der Waals surface area contributed by atoms with Gasteiger partial charge in [0.2, 0.25) is 0 Å². The molecule has 2 heteroatoms. The fourth-order valence-electron chi connectivity index (χ4n) is 1.27. The van der Waals surface area contributed by atoms with E-state index in [1.54, 1.807) is 11.3 Å². The Hall–Kier alpha value is -1.41. The average Bonchev–Trinajstić information content (AvgIpc) is 2.63. The van der Waals surface area contributed by atoms with E-state index in [0.29, 0.717) is 0 Å². The zero-order chi connectivity index (χ0) is 9.80. The van der Waals surface area contributed by atoms with E-state index in [1.807, 2.05) is 31.4 Å². The fraction of sp³-hybridized carbons (Fsp3) is 0.0833. The van der Waals surface area contributed by atoms with Crippen LogP contribution in [0.3, 0.4) is 0 Å². The van der Waals surface area contributed by atoms with Gasteiger partial charge < -0.3 is 0 Å². The summed E-state index contributed by atoms with van der Waals surface area (Å²) in [5, 5.41) is 3.32. The first-order valence-corrected chi connectivity index (χ1v) is 5.41. The zero-order valence-corrected chi connectivity index (χ0v) is 8.79. The van der Waals surface area contributed by atoms with Crippen molar-refractivity contribution in [2.75, 3.05) is 0 Å². The summed E-state index contributed by atoms with van der Waals surface area (Å²) in [6, 6.07) is 8.32. The third-order valence-electron chi connectivity index (χ3n) is 1.95. The number of nitrogens with zero attached hydrogens (tertiary/aromatic N) is 1. The minimum absolute atomic E-state index is 1.06. The van der Waals surface area contributed by atoms with Gasteiger partial charge in [-0.2, -0.15) is 0 Å². The SMILES string of the molecule is C/C=C/C=Nc1csc2ccccc12. The molecule has 0 unspecified atom stereocenters. The molecule has 0 atom stereocenters. The van der Waals surface area contributed by atoms with E-state index in [4.69, 9.17) is 0 Å². The Morgan fingerprint density at radius 1 is 1.29 bits per heavy atom. The highest BCUT2D eigenvalue weighted by atomic mass is 32.1. The second kappa shape index (κ2) is 4.20. The normalized spacial score (nSPS) is 12.1. The Morgan fingerprint density at radius 2 is 2.14 bits per heavy atom. The van der Waals surface area contributed by atoms with Crippen LogP contribution in [0.1, 0.15) is 6.92 Å². The lowest BCUT2D eigenvalue weighted by Gasteiger charge is -1.89. The van der Waals surface area contributed by atoms with E-state index in [-0.39, 0.29) is 0 Å². The molecule has 14 heavy (non-hydrogen) atoms. The van der Waals surface area contributed by atoms with Crippen molar-refractivity contribution >= 4 is 33.3 Å². The van der Waals surface area contributed by atoms with Crippen molar-refractivity contribution in [3.8, 4) is 0 Å². The Bertz CT molecular complexity index is 480. The molecule has 1 heterocycles. The molecule has 1 aromatic carbocycles. The van der Waals surface area contributed by atoms with Crippen LogP contribution in [0.25, 0.3) is 10.1 Å². The minimum Gasteiger partial charge on any atom is -0.255 e. The van der Waals surface area contributed by atoms with Gasteiger partial charge in [-0.3, -0.25) is 4.99 Å². The van der Waals surface area contributed by atoms with E-state index in [1.165, 1.54) is 10.1 Å².